The molecule has 3 aromatic rings. The number of rotatable bonds is 7. The lowest BCUT2D eigenvalue weighted by Crippen LogP contribution is -2.35. The Bertz CT molecular complexity index is 1290. The summed E-state index contributed by atoms with van der Waals surface area (Å²) in [6.45, 7) is 0. The Morgan fingerprint density at radius 3 is 1.97 bits per heavy atom. The van der Waals surface area contributed by atoms with Gasteiger partial charge in [0.25, 0.3) is 0 Å². The molecule has 0 fully saturated rings. The van der Waals surface area contributed by atoms with Gasteiger partial charge in [0.05, 0.1) is 34.0 Å². The molecular formula is C26H26O11. The summed E-state index contributed by atoms with van der Waals surface area (Å²) in [4.78, 5) is 13.0. The van der Waals surface area contributed by atoms with Crippen molar-refractivity contribution in [3.8, 4) is 51.7 Å². The zero-order chi connectivity index (χ0) is 26.9. The van der Waals surface area contributed by atoms with Gasteiger partial charge in [-0.3, -0.25) is 0 Å². The Morgan fingerprint density at radius 2 is 1.43 bits per heavy atom. The average molecular weight is 514 g/mol. The van der Waals surface area contributed by atoms with Gasteiger partial charge >= 0.3 is 5.97 Å². The minimum absolute atomic E-state index is 0.0499. The fourth-order valence-electron chi connectivity index (χ4n) is 4.13. The highest BCUT2D eigenvalue weighted by molar-refractivity contribution is 5.91. The maximum Gasteiger partial charge on any atom is 0.338 e. The normalized spacial score (nSPS) is 16.2. The van der Waals surface area contributed by atoms with Crippen molar-refractivity contribution in [1.29, 1.82) is 0 Å². The number of benzene rings is 3. The van der Waals surface area contributed by atoms with Crippen molar-refractivity contribution < 1.29 is 53.6 Å². The van der Waals surface area contributed by atoms with E-state index in [0.717, 1.165) is 12.1 Å². The number of carbonyl (C=O) groups excluding carboxylic acids is 1. The number of methoxy groups -OCH3 is 4. The zero-order valence-corrected chi connectivity index (χ0v) is 20.5. The molecule has 0 aliphatic carbocycles. The Labute approximate surface area is 211 Å². The van der Waals surface area contributed by atoms with Crippen molar-refractivity contribution in [2.45, 2.75) is 18.6 Å². The van der Waals surface area contributed by atoms with Gasteiger partial charge in [-0.25, -0.2) is 4.79 Å². The Balaban J connectivity index is 1.79. The first kappa shape index (κ1) is 25.4. The minimum Gasteiger partial charge on any atom is -0.507 e. The smallest absolute Gasteiger partial charge is 0.338 e. The van der Waals surface area contributed by atoms with Crippen molar-refractivity contribution in [3.63, 3.8) is 0 Å². The van der Waals surface area contributed by atoms with Crippen LogP contribution < -0.4 is 23.7 Å². The van der Waals surface area contributed by atoms with Crippen LogP contribution in [0, 0.1) is 0 Å². The third kappa shape index (κ3) is 4.75. The van der Waals surface area contributed by atoms with Crippen molar-refractivity contribution >= 4 is 5.97 Å². The van der Waals surface area contributed by atoms with Gasteiger partial charge in [0.15, 0.2) is 34.9 Å². The van der Waals surface area contributed by atoms with Crippen LogP contribution in [0.25, 0.3) is 0 Å². The number of esters is 1. The lowest BCUT2D eigenvalue weighted by atomic mass is 9.93. The molecule has 0 amide bonds. The minimum atomic E-state index is -0.986. The molecule has 2 atom stereocenters. The second-order valence-corrected chi connectivity index (χ2v) is 8.13. The number of carbonyl (C=O) groups is 1. The van der Waals surface area contributed by atoms with Crippen LogP contribution in [0.5, 0.6) is 51.7 Å². The Morgan fingerprint density at radius 1 is 0.811 bits per heavy atom. The van der Waals surface area contributed by atoms with Crippen molar-refractivity contribution in [2.24, 2.45) is 0 Å². The summed E-state index contributed by atoms with van der Waals surface area (Å²) >= 11 is 0. The summed E-state index contributed by atoms with van der Waals surface area (Å²) < 4.78 is 33.5. The van der Waals surface area contributed by atoms with E-state index >= 15 is 0 Å². The van der Waals surface area contributed by atoms with Crippen LogP contribution in [0.1, 0.15) is 27.6 Å². The summed E-state index contributed by atoms with van der Waals surface area (Å²) in [6.07, 6.45) is -1.84. The molecule has 0 bridgehead atoms. The van der Waals surface area contributed by atoms with Crippen LogP contribution in [0.2, 0.25) is 0 Å². The number of phenols is 4. The van der Waals surface area contributed by atoms with E-state index in [1.54, 1.807) is 18.2 Å². The summed E-state index contributed by atoms with van der Waals surface area (Å²) in [7, 11) is 5.84. The fraction of sp³-hybridized carbons (Fsp3) is 0.269. The molecule has 0 spiro atoms. The van der Waals surface area contributed by atoms with E-state index in [-0.39, 0.29) is 17.7 Å². The largest absolute Gasteiger partial charge is 0.507 e. The molecule has 0 saturated carbocycles. The molecule has 1 aliphatic heterocycles. The Kier molecular flexibility index (Phi) is 6.96. The molecule has 196 valence electrons. The van der Waals surface area contributed by atoms with E-state index < -0.39 is 35.4 Å². The van der Waals surface area contributed by atoms with Crippen molar-refractivity contribution in [1.82, 2.24) is 0 Å². The van der Waals surface area contributed by atoms with E-state index in [9.17, 15) is 25.2 Å². The first-order chi connectivity index (χ1) is 17.7. The molecule has 11 heteroatoms. The second kappa shape index (κ2) is 10.1. The van der Waals surface area contributed by atoms with Gasteiger partial charge < -0.3 is 48.8 Å². The first-order valence-corrected chi connectivity index (χ1v) is 11.0. The quantitative estimate of drug-likeness (QED) is 0.271. The highest BCUT2D eigenvalue weighted by Gasteiger charge is 2.37. The van der Waals surface area contributed by atoms with Gasteiger partial charge in [-0.2, -0.15) is 0 Å². The van der Waals surface area contributed by atoms with Crippen LogP contribution in [0.4, 0.5) is 0 Å². The average Bonchev–Trinajstić information content (AvgIpc) is 2.90. The van der Waals surface area contributed by atoms with Gasteiger partial charge in [0, 0.05) is 29.7 Å². The summed E-state index contributed by atoms with van der Waals surface area (Å²) in [5.41, 5.74) is 0.691. The van der Waals surface area contributed by atoms with E-state index in [0.29, 0.717) is 39.9 Å². The number of hydrogen-bond donors (Lipinski definition) is 4. The third-order valence-corrected chi connectivity index (χ3v) is 5.97. The summed E-state index contributed by atoms with van der Waals surface area (Å²) in [6, 6.07) is 8.24. The topological polar surface area (TPSA) is 153 Å². The summed E-state index contributed by atoms with van der Waals surface area (Å²) in [5.74, 6) is -1.43. The van der Waals surface area contributed by atoms with Crippen LogP contribution in [-0.4, -0.2) is 60.9 Å². The third-order valence-electron chi connectivity index (χ3n) is 5.97. The van der Waals surface area contributed by atoms with Crippen LogP contribution in [0.3, 0.4) is 0 Å². The predicted molar refractivity (Wildman–Crippen MR) is 128 cm³/mol. The number of phenolic OH excluding ortho intramolecular Hbond substituents is 4. The van der Waals surface area contributed by atoms with Crippen molar-refractivity contribution in [3.05, 3.63) is 53.1 Å². The lowest BCUT2D eigenvalue weighted by molar-refractivity contribution is -0.0189. The SMILES string of the molecule is COc1cc(O)c2c(c1)O[C@H](c1cc(OC)c(OC)c(OC)c1)[C@H](OC(=O)c1cc(O)c(O)c(O)c1)C2. The molecule has 37 heavy (non-hydrogen) atoms. The van der Waals surface area contributed by atoms with Crippen LogP contribution in [-0.2, 0) is 11.2 Å². The van der Waals surface area contributed by atoms with E-state index in [2.05, 4.69) is 0 Å². The highest BCUT2D eigenvalue weighted by atomic mass is 16.6. The van der Waals surface area contributed by atoms with Crippen LogP contribution >= 0.6 is 0 Å². The standard InChI is InChI=1S/C26H26O11/c1-32-14-9-16(27)15-11-22(37-26(31)13-5-17(28)23(30)18(29)6-13)24(36-19(15)10-14)12-7-20(33-2)25(35-4)21(8-12)34-3/h5-10,22,24,27-30H,11H2,1-4H3/t22-,24-/m1/s1. The van der Waals surface area contributed by atoms with E-state index in [1.165, 1.54) is 34.5 Å². The molecule has 4 rings (SSSR count). The van der Waals surface area contributed by atoms with Gasteiger partial charge in [0.1, 0.15) is 23.4 Å². The number of ether oxygens (including phenoxy) is 6. The maximum absolute atomic E-state index is 13.0. The van der Waals surface area contributed by atoms with Gasteiger partial charge in [-0.15, -0.1) is 0 Å². The fourth-order valence-corrected chi connectivity index (χ4v) is 4.13. The molecule has 0 saturated heterocycles. The van der Waals surface area contributed by atoms with Crippen LogP contribution in [0.15, 0.2) is 36.4 Å². The highest BCUT2D eigenvalue weighted by Crippen LogP contribution is 2.46. The van der Waals surface area contributed by atoms with Gasteiger partial charge in [-0.05, 0) is 24.3 Å². The zero-order valence-electron chi connectivity index (χ0n) is 20.5. The van der Waals surface area contributed by atoms with Gasteiger partial charge in [0.2, 0.25) is 5.75 Å². The second-order valence-electron chi connectivity index (χ2n) is 8.13. The number of hydrogen-bond acceptors (Lipinski definition) is 11. The number of aromatic hydroxyl groups is 4. The molecule has 3 aromatic carbocycles. The molecule has 1 heterocycles. The predicted octanol–water partition coefficient (Wildman–Crippen LogP) is 3.45. The molecular weight excluding hydrogens is 488 g/mol. The monoisotopic (exact) mass is 514 g/mol. The van der Waals surface area contributed by atoms with E-state index in [4.69, 9.17) is 28.4 Å². The molecule has 0 radical (unpaired) electrons. The van der Waals surface area contributed by atoms with Gasteiger partial charge in [-0.1, -0.05) is 0 Å². The molecule has 11 nitrogen and oxygen atoms in total. The summed E-state index contributed by atoms with van der Waals surface area (Å²) in [5, 5.41) is 39.8. The Hall–Kier alpha value is -4.67. The number of fused-ring (bicyclic) bond motifs is 1. The molecule has 4 N–H and O–H groups in total. The van der Waals surface area contributed by atoms with Crippen molar-refractivity contribution in [2.75, 3.05) is 28.4 Å². The van der Waals surface area contributed by atoms with E-state index in [1.807, 2.05) is 0 Å². The first-order valence-electron chi connectivity index (χ1n) is 11.0. The molecule has 0 unspecified atom stereocenters. The molecule has 1 aliphatic rings. The molecule has 0 aromatic heterocycles. The lowest BCUT2D eigenvalue weighted by Gasteiger charge is -2.34. The maximum atomic E-state index is 13.0.